The fraction of sp³-hybridized carbons (Fsp3) is 0.562. The molecule has 1 saturated carbocycles. The minimum absolute atomic E-state index is 0.154. The molecule has 0 bridgehead atoms. The zero-order valence-corrected chi connectivity index (χ0v) is 12.0. The molecule has 0 spiro atoms. The van der Waals surface area contributed by atoms with Crippen LogP contribution in [0.1, 0.15) is 37.3 Å². The summed E-state index contributed by atoms with van der Waals surface area (Å²) in [7, 11) is 0. The van der Waals surface area contributed by atoms with Crippen LogP contribution in [-0.2, 0) is 11.3 Å². The van der Waals surface area contributed by atoms with Gasteiger partial charge in [-0.2, -0.15) is 0 Å². The summed E-state index contributed by atoms with van der Waals surface area (Å²) in [4.78, 5) is 14.2. The zero-order valence-electron chi connectivity index (χ0n) is 12.0. The van der Waals surface area contributed by atoms with Gasteiger partial charge >= 0.3 is 0 Å². The average Bonchev–Trinajstić information content (AvgIpc) is 3.20. The lowest BCUT2D eigenvalue weighted by Gasteiger charge is -2.21. The first-order valence-corrected chi connectivity index (χ1v) is 7.25. The van der Waals surface area contributed by atoms with Crippen LogP contribution in [0.15, 0.2) is 24.3 Å². The Hall–Kier alpha value is -1.35. The summed E-state index contributed by atoms with van der Waals surface area (Å²) in [5, 5.41) is 2.96. The lowest BCUT2D eigenvalue weighted by atomic mass is 10.1. The molecule has 1 aliphatic carbocycles. The Labute approximate surface area is 116 Å². The summed E-state index contributed by atoms with van der Waals surface area (Å²) in [6, 6.07) is 9.16. The molecule has 19 heavy (non-hydrogen) atoms. The maximum Gasteiger partial charge on any atom is 0.234 e. The van der Waals surface area contributed by atoms with Crippen LogP contribution in [0.4, 0.5) is 0 Å². The minimum Gasteiger partial charge on any atom is -0.355 e. The van der Waals surface area contributed by atoms with Crippen LogP contribution in [0.5, 0.6) is 0 Å². The van der Waals surface area contributed by atoms with Crippen molar-refractivity contribution in [2.45, 2.75) is 45.7 Å². The Balaban J connectivity index is 1.91. The van der Waals surface area contributed by atoms with E-state index >= 15 is 0 Å². The molecular formula is C16H24N2O. The first-order chi connectivity index (χ1) is 9.19. The molecule has 0 aliphatic heterocycles. The van der Waals surface area contributed by atoms with Gasteiger partial charge in [-0.25, -0.2) is 0 Å². The van der Waals surface area contributed by atoms with Crippen molar-refractivity contribution in [1.29, 1.82) is 0 Å². The van der Waals surface area contributed by atoms with Gasteiger partial charge in [0.2, 0.25) is 5.91 Å². The molecule has 0 heterocycles. The molecule has 1 amide bonds. The zero-order chi connectivity index (χ0) is 13.7. The van der Waals surface area contributed by atoms with E-state index in [1.165, 1.54) is 24.0 Å². The van der Waals surface area contributed by atoms with Gasteiger partial charge in [-0.3, -0.25) is 9.69 Å². The lowest BCUT2D eigenvalue weighted by Crippen LogP contribution is -2.38. The molecule has 0 saturated heterocycles. The first-order valence-electron chi connectivity index (χ1n) is 7.25. The maximum atomic E-state index is 11.8. The molecule has 1 aromatic carbocycles. The second-order valence-corrected chi connectivity index (χ2v) is 5.48. The van der Waals surface area contributed by atoms with E-state index in [1.54, 1.807) is 0 Å². The van der Waals surface area contributed by atoms with Crippen molar-refractivity contribution in [1.82, 2.24) is 10.2 Å². The summed E-state index contributed by atoms with van der Waals surface area (Å²) in [5.41, 5.74) is 2.58. The third-order valence-corrected chi connectivity index (χ3v) is 3.45. The normalized spacial score (nSPS) is 14.7. The van der Waals surface area contributed by atoms with Gasteiger partial charge in [-0.15, -0.1) is 0 Å². The van der Waals surface area contributed by atoms with Crippen molar-refractivity contribution in [3.8, 4) is 0 Å². The van der Waals surface area contributed by atoms with E-state index in [9.17, 15) is 4.79 Å². The SMILES string of the molecule is CCCNC(=O)CN(Cc1cccc(C)c1)C1CC1. The first kappa shape index (κ1) is 14.1. The van der Waals surface area contributed by atoms with Gasteiger partial charge in [-0.05, 0) is 31.7 Å². The van der Waals surface area contributed by atoms with Crippen LogP contribution in [0.25, 0.3) is 0 Å². The van der Waals surface area contributed by atoms with Gasteiger partial charge < -0.3 is 5.32 Å². The van der Waals surface area contributed by atoms with Gasteiger partial charge in [-0.1, -0.05) is 36.8 Å². The molecule has 0 radical (unpaired) electrons. The number of aryl methyl sites for hydroxylation is 1. The average molecular weight is 260 g/mol. The largest absolute Gasteiger partial charge is 0.355 e. The predicted octanol–water partition coefficient (Wildman–Crippen LogP) is 2.49. The summed E-state index contributed by atoms with van der Waals surface area (Å²) in [6.07, 6.45) is 3.45. The Kier molecular flexibility index (Phi) is 4.97. The molecule has 0 unspecified atom stereocenters. The van der Waals surface area contributed by atoms with E-state index in [0.717, 1.165) is 19.5 Å². The number of nitrogens with zero attached hydrogens (tertiary/aromatic N) is 1. The number of benzene rings is 1. The van der Waals surface area contributed by atoms with Gasteiger partial charge in [0.15, 0.2) is 0 Å². The summed E-state index contributed by atoms with van der Waals surface area (Å²) >= 11 is 0. The van der Waals surface area contributed by atoms with Gasteiger partial charge in [0.25, 0.3) is 0 Å². The fourth-order valence-corrected chi connectivity index (χ4v) is 2.30. The quantitative estimate of drug-likeness (QED) is 0.817. The van der Waals surface area contributed by atoms with Crippen molar-refractivity contribution in [3.05, 3.63) is 35.4 Å². The molecule has 1 fully saturated rings. The molecule has 3 heteroatoms. The number of hydrogen-bond acceptors (Lipinski definition) is 2. The third kappa shape index (κ3) is 4.67. The topological polar surface area (TPSA) is 32.3 Å². The summed E-state index contributed by atoms with van der Waals surface area (Å²) < 4.78 is 0. The van der Waals surface area contributed by atoms with E-state index in [1.807, 2.05) is 0 Å². The Morgan fingerprint density at radius 2 is 2.21 bits per heavy atom. The predicted molar refractivity (Wildman–Crippen MR) is 77.9 cm³/mol. The molecule has 0 atom stereocenters. The summed E-state index contributed by atoms with van der Waals surface area (Å²) in [5.74, 6) is 0.154. The molecule has 104 valence electrons. The Morgan fingerprint density at radius 1 is 1.42 bits per heavy atom. The van der Waals surface area contributed by atoms with Crippen LogP contribution in [0, 0.1) is 6.92 Å². The molecule has 2 rings (SSSR count). The van der Waals surface area contributed by atoms with E-state index in [-0.39, 0.29) is 5.91 Å². The third-order valence-electron chi connectivity index (χ3n) is 3.45. The number of carbonyl (C=O) groups excluding carboxylic acids is 1. The standard InChI is InChI=1S/C16H24N2O/c1-3-9-17-16(19)12-18(15-7-8-15)11-14-6-4-5-13(2)10-14/h4-6,10,15H,3,7-9,11-12H2,1-2H3,(H,17,19). The molecule has 1 N–H and O–H groups in total. The number of carbonyl (C=O) groups is 1. The molecule has 0 aromatic heterocycles. The monoisotopic (exact) mass is 260 g/mol. The van der Waals surface area contributed by atoms with Crippen LogP contribution >= 0.6 is 0 Å². The summed E-state index contributed by atoms with van der Waals surface area (Å²) in [6.45, 7) is 6.37. The second-order valence-electron chi connectivity index (χ2n) is 5.48. The van der Waals surface area contributed by atoms with Crippen molar-refractivity contribution in [2.75, 3.05) is 13.1 Å². The van der Waals surface area contributed by atoms with E-state index < -0.39 is 0 Å². The smallest absolute Gasteiger partial charge is 0.234 e. The van der Waals surface area contributed by atoms with E-state index in [0.29, 0.717) is 12.6 Å². The van der Waals surface area contributed by atoms with Crippen molar-refractivity contribution in [2.24, 2.45) is 0 Å². The molecule has 3 nitrogen and oxygen atoms in total. The van der Waals surface area contributed by atoms with Crippen LogP contribution in [-0.4, -0.2) is 29.9 Å². The van der Waals surface area contributed by atoms with Crippen molar-refractivity contribution >= 4 is 5.91 Å². The molecular weight excluding hydrogens is 236 g/mol. The van der Waals surface area contributed by atoms with Crippen molar-refractivity contribution < 1.29 is 4.79 Å². The number of rotatable bonds is 7. The van der Waals surface area contributed by atoms with Crippen LogP contribution < -0.4 is 5.32 Å². The molecule has 1 aromatic rings. The maximum absolute atomic E-state index is 11.8. The highest BCUT2D eigenvalue weighted by molar-refractivity contribution is 5.78. The highest BCUT2D eigenvalue weighted by Gasteiger charge is 2.30. The fourth-order valence-electron chi connectivity index (χ4n) is 2.30. The lowest BCUT2D eigenvalue weighted by molar-refractivity contribution is -0.122. The van der Waals surface area contributed by atoms with E-state index in [2.05, 4.69) is 48.3 Å². The van der Waals surface area contributed by atoms with Gasteiger partial charge in [0.1, 0.15) is 0 Å². The second kappa shape index (κ2) is 6.71. The minimum atomic E-state index is 0.154. The highest BCUT2D eigenvalue weighted by Crippen LogP contribution is 2.28. The molecule has 1 aliphatic rings. The number of amides is 1. The van der Waals surface area contributed by atoms with Crippen LogP contribution in [0.3, 0.4) is 0 Å². The Bertz CT molecular complexity index is 427. The Morgan fingerprint density at radius 3 is 2.84 bits per heavy atom. The number of nitrogens with one attached hydrogen (secondary N) is 1. The van der Waals surface area contributed by atoms with Crippen molar-refractivity contribution in [3.63, 3.8) is 0 Å². The van der Waals surface area contributed by atoms with Gasteiger partial charge in [0, 0.05) is 19.1 Å². The van der Waals surface area contributed by atoms with Crippen LogP contribution in [0.2, 0.25) is 0 Å². The van der Waals surface area contributed by atoms with Gasteiger partial charge in [0.05, 0.1) is 6.54 Å². The number of hydrogen-bond donors (Lipinski definition) is 1. The van der Waals surface area contributed by atoms with E-state index in [4.69, 9.17) is 0 Å². The highest BCUT2D eigenvalue weighted by atomic mass is 16.2.